The van der Waals surface area contributed by atoms with Gasteiger partial charge in [-0.1, -0.05) is 32.9 Å². The van der Waals surface area contributed by atoms with E-state index in [0.29, 0.717) is 24.4 Å². The monoisotopic (exact) mass is 473 g/mol. The molecular formula is C24H31N3O5S. The SMILES string of the molecule is CC(C)(C)c1ccc(S(=O)(=O)NCCC(=O)Nc2ccc(NC(=O)[C@@H]3CCCO3)cc2)cc1. The molecule has 3 rings (SSSR count). The van der Waals surface area contributed by atoms with Gasteiger partial charge in [0.2, 0.25) is 15.9 Å². The molecule has 0 bridgehead atoms. The minimum Gasteiger partial charge on any atom is -0.368 e. The summed E-state index contributed by atoms with van der Waals surface area (Å²) < 4.78 is 32.7. The zero-order valence-corrected chi connectivity index (χ0v) is 20.0. The predicted molar refractivity (Wildman–Crippen MR) is 128 cm³/mol. The highest BCUT2D eigenvalue weighted by molar-refractivity contribution is 7.89. The molecule has 0 radical (unpaired) electrons. The van der Waals surface area contributed by atoms with Crippen LogP contribution in [0, 0.1) is 0 Å². The number of carbonyl (C=O) groups excluding carboxylic acids is 2. The zero-order valence-electron chi connectivity index (χ0n) is 19.2. The summed E-state index contributed by atoms with van der Waals surface area (Å²) >= 11 is 0. The molecule has 2 aromatic rings. The molecule has 1 aliphatic rings. The number of carbonyl (C=O) groups is 2. The van der Waals surface area contributed by atoms with E-state index in [9.17, 15) is 18.0 Å². The van der Waals surface area contributed by atoms with Gasteiger partial charge in [0, 0.05) is 30.9 Å². The Labute approximate surface area is 195 Å². The van der Waals surface area contributed by atoms with Crippen molar-refractivity contribution in [2.24, 2.45) is 0 Å². The highest BCUT2D eigenvalue weighted by Gasteiger charge is 2.23. The Balaban J connectivity index is 1.45. The summed E-state index contributed by atoms with van der Waals surface area (Å²) in [6, 6.07) is 13.5. The van der Waals surface area contributed by atoms with Gasteiger partial charge in [-0.2, -0.15) is 0 Å². The van der Waals surface area contributed by atoms with Crippen molar-refractivity contribution in [2.45, 2.75) is 56.4 Å². The maximum Gasteiger partial charge on any atom is 0.253 e. The molecule has 178 valence electrons. The number of amides is 2. The minimum absolute atomic E-state index is 0.0171. The van der Waals surface area contributed by atoms with Crippen LogP contribution >= 0.6 is 0 Å². The Bertz CT molecular complexity index is 1070. The minimum atomic E-state index is -3.70. The van der Waals surface area contributed by atoms with E-state index in [1.807, 2.05) is 0 Å². The topological polar surface area (TPSA) is 114 Å². The van der Waals surface area contributed by atoms with Crippen molar-refractivity contribution in [1.29, 1.82) is 0 Å². The molecule has 1 saturated heterocycles. The van der Waals surface area contributed by atoms with Crippen LogP contribution in [0.3, 0.4) is 0 Å². The van der Waals surface area contributed by atoms with Gasteiger partial charge in [0.1, 0.15) is 6.10 Å². The van der Waals surface area contributed by atoms with E-state index in [0.717, 1.165) is 12.0 Å². The molecule has 1 fully saturated rings. The third kappa shape index (κ3) is 7.12. The Kier molecular flexibility index (Phi) is 7.88. The first-order chi connectivity index (χ1) is 15.5. The Morgan fingerprint density at radius 3 is 2.12 bits per heavy atom. The molecule has 2 amide bonds. The van der Waals surface area contributed by atoms with Gasteiger partial charge in [-0.05, 0) is 60.2 Å². The van der Waals surface area contributed by atoms with Crippen LogP contribution in [-0.4, -0.2) is 39.5 Å². The first kappa shape index (κ1) is 24.9. The third-order valence-corrected chi connectivity index (χ3v) is 6.81. The van der Waals surface area contributed by atoms with E-state index in [1.54, 1.807) is 48.5 Å². The van der Waals surface area contributed by atoms with Crippen molar-refractivity contribution in [2.75, 3.05) is 23.8 Å². The number of rotatable bonds is 8. The molecule has 9 heteroatoms. The third-order valence-electron chi connectivity index (χ3n) is 5.33. The predicted octanol–water partition coefficient (Wildman–Crippen LogP) is 3.41. The summed E-state index contributed by atoms with van der Waals surface area (Å²) in [7, 11) is -3.70. The van der Waals surface area contributed by atoms with Crippen LogP contribution in [0.15, 0.2) is 53.4 Å². The fraction of sp³-hybridized carbons (Fsp3) is 0.417. The van der Waals surface area contributed by atoms with Crippen molar-refractivity contribution >= 4 is 33.2 Å². The van der Waals surface area contributed by atoms with Gasteiger partial charge >= 0.3 is 0 Å². The van der Waals surface area contributed by atoms with Gasteiger partial charge in [0.05, 0.1) is 4.90 Å². The molecule has 8 nitrogen and oxygen atoms in total. The molecule has 3 N–H and O–H groups in total. The first-order valence-electron chi connectivity index (χ1n) is 11.0. The number of sulfonamides is 1. The van der Waals surface area contributed by atoms with Gasteiger partial charge in [-0.3, -0.25) is 9.59 Å². The summed E-state index contributed by atoms with van der Waals surface area (Å²) in [5.41, 5.74) is 2.13. The summed E-state index contributed by atoms with van der Waals surface area (Å²) in [5, 5.41) is 5.51. The lowest BCUT2D eigenvalue weighted by Crippen LogP contribution is -2.28. The van der Waals surface area contributed by atoms with E-state index >= 15 is 0 Å². The summed E-state index contributed by atoms with van der Waals surface area (Å²) in [6.45, 7) is 6.75. The number of anilines is 2. The molecule has 1 heterocycles. The average Bonchev–Trinajstić information content (AvgIpc) is 3.30. The van der Waals surface area contributed by atoms with Crippen molar-refractivity contribution < 1.29 is 22.7 Å². The molecule has 0 saturated carbocycles. The largest absolute Gasteiger partial charge is 0.368 e. The Morgan fingerprint density at radius 2 is 1.58 bits per heavy atom. The molecule has 33 heavy (non-hydrogen) atoms. The van der Waals surface area contributed by atoms with E-state index in [-0.39, 0.29) is 35.1 Å². The highest BCUT2D eigenvalue weighted by atomic mass is 32.2. The number of hydrogen-bond donors (Lipinski definition) is 3. The maximum atomic E-state index is 12.5. The second kappa shape index (κ2) is 10.5. The lowest BCUT2D eigenvalue weighted by atomic mass is 9.87. The van der Waals surface area contributed by atoms with Crippen molar-refractivity contribution in [3.05, 3.63) is 54.1 Å². The van der Waals surface area contributed by atoms with Crippen LogP contribution in [0.5, 0.6) is 0 Å². The molecule has 1 atom stereocenters. The number of ether oxygens (including phenoxy) is 1. The van der Waals surface area contributed by atoms with Gasteiger partial charge in [0.25, 0.3) is 5.91 Å². The highest BCUT2D eigenvalue weighted by Crippen LogP contribution is 2.23. The fourth-order valence-corrected chi connectivity index (χ4v) is 4.42. The van der Waals surface area contributed by atoms with Gasteiger partial charge < -0.3 is 15.4 Å². The number of nitrogens with one attached hydrogen (secondary N) is 3. The van der Waals surface area contributed by atoms with E-state index in [4.69, 9.17) is 4.74 Å². The van der Waals surface area contributed by atoms with Gasteiger partial charge in [-0.25, -0.2) is 13.1 Å². The lowest BCUT2D eigenvalue weighted by Gasteiger charge is -2.19. The molecule has 2 aromatic carbocycles. The second-order valence-corrected chi connectivity index (χ2v) is 10.8. The van der Waals surface area contributed by atoms with Crippen molar-refractivity contribution in [1.82, 2.24) is 4.72 Å². The van der Waals surface area contributed by atoms with Gasteiger partial charge in [0.15, 0.2) is 0 Å². The maximum absolute atomic E-state index is 12.5. The van der Waals surface area contributed by atoms with Crippen LogP contribution in [0.4, 0.5) is 11.4 Å². The van der Waals surface area contributed by atoms with Crippen molar-refractivity contribution in [3.8, 4) is 0 Å². The molecule has 0 aliphatic carbocycles. The zero-order chi connectivity index (χ0) is 24.1. The van der Waals surface area contributed by atoms with Crippen LogP contribution in [0.2, 0.25) is 0 Å². The summed E-state index contributed by atoms with van der Waals surface area (Å²) in [4.78, 5) is 24.4. The van der Waals surface area contributed by atoms with Crippen LogP contribution < -0.4 is 15.4 Å². The Morgan fingerprint density at radius 1 is 0.970 bits per heavy atom. The van der Waals surface area contributed by atoms with E-state index < -0.39 is 16.1 Å². The lowest BCUT2D eigenvalue weighted by molar-refractivity contribution is -0.124. The smallest absolute Gasteiger partial charge is 0.253 e. The number of hydrogen-bond acceptors (Lipinski definition) is 5. The van der Waals surface area contributed by atoms with Crippen LogP contribution in [0.25, 0.3) is 0 Å². The number of benzene rings is 2. The average molecular weight is 474 g/mol. The first-order valence-corrected chi connectivity index (χ1v) is 12.5. The Hall–Kier alpha value is -2.75. The fourth-order valence-electron chi connectivity index (χ4n) is 3.38. The molecule has 0 unspecified atom stereocenters. The van der Waals surface area contributed by atoms with E-state index in [1.165, 1.54) is 0 Å². The quantitative estimate of drug-likeness (QED) is 0.544. The molecule has 0 aromatic heterocycles. The van der Waals surface area contributed by atoms with E-state index in [2.05, 4.69) is 36.1 Å². The summed E-state index contributed by atoms with van der Waals surface area (Å²) in [5.74, 6) is -0.499. The van der Waals surface area contributed by atoms with Crippen LogP contribution in [0.1, 0.15) is 45.6 Å². The molecule has 1 aliphatic heterocycles. The standard InChI is InChI=1S/C24H31N3O5S/c1-24(2,3)17-6-12-20(13-7-17)33(30,31)25-15-14-22(28)26-18-8-10-19(11-9-18)27-23(29)21-5-4-16-32-21/h6-13,21,25H,4-5,14-16H2,1-3H3,(H,26,28)(H,27,29)/t21-/m0/s1. The summed E-state index contributed by atoms with van der Waals surface area (Å²) in [6.07, 6.45) is 1.16. The second-order valence-electron chi connectivity index (χ2n) is 9.04. The van der Waals surface area contributed by atoms with Crippen molar-refractivity contribution in [3.63, 3.8) is 0 Å². The van der Waals surface area contributed by atoms with Gasteiger partial charge in [-0.15, -0.1) is 0 Å². The normalized spacial score (nSPS) is 16.4. The molecule has 0 spiro atoms. The van der Waals surface area contributed by atoms with Crippen LogP contribution in [-0.2, 0) is 29.8 Å². The molecular weight excluding hydrogens is 442 g/mol.